The number of benzene rings is 1. The average molecular weight is 350 g/mol. The van der Waals surface area contributed by atoms with E-state index in [1.807, 2.05) is 13.8 Å². The number of methoxy groups -OCH3 is 1. The molecule has 0 aliphatic rings. The normalized spacial score (nSPS) is 10.7. The van der Waals surface area contributed by atoms with E-state index in [0.29, 0.717) is 42.7 Å². The van der Waals surface area contributed by atoms with Crippen molar-refractivity contribution in [3.63, 3.8) is 0 Å². The van der Waals surface area contributed by atoms with Gasteiger partial charge in [-0.15, -0.1) is 0 Å². The summed E-state index contributed by atoms with van der Waals surface area (Å²) in [6.45, 7) is 9.29. The third-order valence-corrected chi connectivity index (χ3v) is 3.61. The number of ether oxygens (including phenoxy) is 2. The number of carbonyl (C=O) groups excluding carboxylic acids is 2. The van der Waals surface area contributed by atoms with Gasteiger partial charge < -0.3 is 20.1 Å². The molecule has 0 spiro atoms. The van der Waals surface area contributed by atoms with Gasteiger partial charge in [0.05, 0.1) is 13.7 Å². The van der Waals surface area contributed by atoms with E-state index in [-0.39, 0.29) is 17.7 Å². The van der Waals surface area contributed by atoms with E-state index >= 15 is 0 Å². The van der Waals surface area contributed by atoms with Gasteiger partial charge in [-0.3, -0.25) is 9.59 Å². The van der Waals surface area contributed by atoms with Crippen molar-refractivity contribution in [2.45, 2.75) is 34.1 Å². The highest BCUT2D eigenvalue weighted by atomic mass is 16.5. The minimum atomic E-state index is -0.217. The van der Waals surface area contributed by atoms with Crippen molar-refractivity contribution in [3.8, 4) is 11.5 Å². The molecule has 25 heavy (non-hydrogen) atoms. The lowest BCUT2D eigenvalue weighted by Crippen LogP contribution is -2.36. The van der Waals surface area contributed by atoms with Gasteiger partial charge in [0, 0.05) is 24.6 Å². The lowest BCUT2D eigenvalue weighted by molar-refractivity contribution is -0.123. The monoisotopic (exact) mass is 350 g/mol. The zero-order chi connectivity index (χ0) is 18.8. The van der Waals surface area contributed by atoms with E-state index in [1.165, 1.54) is 0 Å². The minimum Gasteiger partial charge on any atom is -0.493 e. The number of amides is 2. The molecule has 0 fully saturated rings. The Morgan fingerprint density at radius 1 is 1.04 bits per heavy atom. The largest absolute Gasteiger partial charge is 0.493 e. The first-order valence-electron chi connectivity index (χ1n) is 8.71. The third-order valence-electron chi connectivity index (χ3n) is 3.61. The molecular weight excluding hydrogens is 320 g/mol. The van der Waals surface area contributed by atoms with Crippen molar-refractivity contribution in [3.05, 3.63) is 23.8 Å². The fourth-order valence-corrected chi connectivity index (χ4v) is 2.00. The van der Waals surface area contributed by atoms with Crippen molar-refractivity contribution < 1.29 is 19.1 Å². The second-order valence-corrected chi connectivity index (χ2v) is 6.60. The SMILES string of the molecule is COc1cc(C(=O)NCCNC(=O)C(C)C)ccc1OCCC(C)C. The van der Waals surface area contributed by atoms with Crippen molar-refractivity contribution in [2.24, 2.45) is 11.8 Å². The maximum atomic E-state index is 12.2. The van der Waals surface area contributed by atoms with Crippen LogP contribution in [0, 0.1) is 11.8 Å². The lowest BCUT2D eigenvalue weighted by atomic mass is 10.1. The molecule has 0 saturated carbocycles. The summed E-state index contributed by atoms with van der Waals surface area (Å²) in [7, 11) is 1.55. The minimum absolute atomic E-state index is 0.0289. The number of carbonyl (C=O) groups is 2. The maximum absolute atomic E-state index is 12.2. The Hall–Kier alpha value is -2.24. The molecule has 0 bridgehead atoms. The predicted molar refractivity (Wildman–Crippen MR) is 98.1 cm³/mol. The van der Waals surface area contributed by atoms with Gasteiger partial charge in [-0.25, -0.2) is 0 Å². The lowest BCUT2D eigenvalue weighted by Gasteiger charge is -2.13. The summed E-state index contributed by atoms with van der Waals surface area (Å²) in [5.74, 6) is 1.41. The van der Waals surface area contributed by atoms with Crippen molar-refractivity contribution in [1.29, 1.82) is 0 Å². The van der Waals surface area contributed by atoms with E-state index < -0.39 is 0 Å². The molecule has 140 valence electrons. The Labute approximate surface area is 150 Å². The van der Waals surface area contributed by atoms with Crippen LogP contribution in [-0.4, -0.2) is 38.6 Å². The van der Waals surface area contributed by atoms with E-state index in [4.69, 9.17) is 9.47 Å². The van der Waals surface area contributed by atoms with Crippen molar-refractivity contribution in [2.75, 3.05) is 26.8 Å². The third kappa shape index (κ3) is 7.45. The second-order valence-electron chi connectivity index (χ2n) is 6.60. The zero-order valence-corrected chi connectivity index (χ0v) is 15.8. The van der Waals surface area contributed by atoms with Crippen LogP contribution in [0.3, 0.4) is 0 Å². The molecule has 2 N–H and O–H groups in total. The van der Waals surface area contributed by atoms with Gasteiger partial charge in [-0.1, -0.05) is 27.7 Å². The Kier molecular flexibility index (Phi) is 8.81. The summed E-state index contributed by atoms with van der Waals surface area (Å²) in [6, 6.07) is 5.11. The first-order chi connectivity index (χ1) is 11.8. The Balaban J connectivity index is 2.54. The summed E-state index contributed by atoms with van der Waals surface area (Å²) < 4.78 is 11.0. The first kappa shape index (κ1) is 20.8. The molecule has 0 aromatic heterocycles. The summed E-state index contributed by atoms with van der Waals surface area (Å²) >= 11 is 0. The van der Waals surface area contributed by atoms with Gasteiger partial charge in [0.1, 0.15) is 0 Å². The molecule has 0 unspecified atom stereocenters. The van der Waals surface area contributed by atoms with Crippen LogP contribution in [-0.2, 0) is 4.79 Å². The van der Waals surface area contributed by atoms with E-state index in [2.05, 4.69) is 24.5 Å². The van der Waals surface area contributed by atoms with Crippen LogP contribution in [0.15, 0.2) is 18.2 Å². The Morgan fingerprint density at radius 3 is 2.32 bits per heavy atom. The van der Waals surface area contributed by atoms with Crippen LogP contribution in [0.1, 0.15) is 44.5 Å². The van der Waals surface area contributed by atoms with E-state index in [1.54, 1.807) is 25.3 Å². The summed E-state index contributed by atoms with van der Waals surface area (Å²) in [6.07, 6.45) is 0.952. The molecule has 6 nitrogen and oxygen atoms in total. The molecule has 0 aliphatic heterocycles. The fraction of sp³-hybridized carbons (Fsp3) is 0.579. The maximum Gasteiger partial charge on any atom is 0.251 e. The van der Waals surface area contributed by atoms with Crippen LogP contribution in [0.25, 0.3) is 0 Å². The number of hydrogen-bond donors (Lipinski definition) is 2. The Morgan fingerprint density at radius 2 is 1.72 bits per heavy atom. The van der Waals surface area contributed by atoms with Crippen LogP contribution in [0.2, 0.25) is 0 Å². The molecular formula is C19H30N2O4. The van der Waals surface area contributed by atoms with Crippen molar-refractivity contribution in [1.82, 2.24) is 10.6 Å². The van der Waals surface area contributed by atoms with Gasteiger partial charge >= 0.3 is 0 Å². The van der Waals surface area contributed by atoms with E-state index in [0.717, 1.165) is 6.42 Å². The smallest absolute Gasteiger partial charge is 0.251 e. The molecule has 0 heterocycles. The van der Waals surface area contributed by atoms with Gasteiger partial charge in [0.15, 0.2) is 11.5 Å². The fourth-order valence-electron chi connectivity index (χ4n) is 2.00. The zero-order valence-electron chi connectivity index (χ0n) is 15.8. The quantitative estimate of drug-likeness (QED) is 0.636. The van der Waals surface area contributed by atoms with Gasteiger partial charge in [0.25, 0.3) is 5.91 Å². The summed E-state index contributed by atoms with van der Waals surface area (Å²) in [5.41, 5.74) is 0.489. The van der Waals surface area contributed by atoms with E-state index in [9.17, 15) is 9.59 Å². The van der Waals surface area contributed by atoms with Crippen molar-refractivity contribution >= 4 is 11.8 Å². The standard InChI is InChI=1S/C19H30N2O4/c1-13(2)8-11-25-16-7-6-15(12-17(16)24-5)19(23)21-10-9-20-18(22)14(3)4/h6-7,12-14H,8-11H2,1-5H3,(H,20,22)(H,21,23). The molecule has 0 radical (unpaired) electrons. The summed E-state index contributed by atoms with van der Waals surface area (Å²) in [4.78, 5) is 23.6. The topological polar surface area (TPSA) is 76.7 Å². The van der Waals surface area contributed by atoms with Crippen LogP contribution < -0.4 is 20.1 Å². The van der Waals surface area contributed by atoms with Gasteiger partial charge in [-0.2, -0.15) is 0 Å². The van der Waals surface area contributed by atoms with Gasteiger partial charge in [-0.05, 0) is 30.5 Å². The molecule has 1 aromatic carbocycles. The summed E-state index contributed by atoms with van der Waals surface area (Å²) in [5, 5.41) is 5.53. The molecule has 0 atom stereocenters. The highest BCUT2D eigenvalue weighted by Gasteiger charge is 2.12. The molecule has 1 aromatic rings. The predicted octanol–water partition coefficient (Wildman–Crippen LogP) is 2.62. The molecule has 6 heteroatoms. The Bertz CT molecular complexity index is 571. The second kappa shape index (κ2) is 10.6. The highest BCUT2D eigenvalue weighted by Crippen LogP contribution is 2.28. The van der Waals surface area contributed by atoms with Crippen LogP contribution >= 0.6 is 0 Å². The number of hydrogen-bond acceptors (Lipinski definition) is 4. The van der Waals surface area contributed by atoms with Crippen LogP contribution in [0.5, 0.6) is 11.5 Å². The molecule has 0 saturated heterocycles. The average Bonchev–Trinajstić information content (AvgIpc) is 2.57. The molecule has 1 rings (SSSR count). The van der Waals surface area contributed by atoms with Gasteiger partial charge in [0.2, 0.25) is 5.91 Å². The number of rotatable bonds is 10. The molecule has 0 aliphatic carbocycles. The molecule has 2 amide bonds. The number of nitrogens with one attached hydrogen (secondary N) is 2. The first-order valence-corrected chi connectivity index (χ1v) is 8.71. The van der Waals surface area contributed by atoms with Crippen LogP contribution in [0.4, 0.5) is 0 Å². The highest BCUT2D eigenvalue weighted by molar-refractivity contribution is 5.94.